The summed E-state index contributed by atoms with van der Waals surface area (Å²) in [6.45, 7) is 1.77. The Bertz CT molecular complexity index is 316. The Morgan fingerprint density at radius 1 is 1.33 bits per heavy atom. The lowest BCUT2D eigenvalue weighted by molar-refractivity contribution is -0.143. The maximum absolute atomic E-state index is 11.8. The predicted molar refractivity (Wildman–Crippen MR) is 51.3 cm³/mol. The van der Waals surface area contributed by atoms with E-state index in [0.717, 1.165) is 17.7 Å². The second-order valence-electron chi connectivity index (χ2n) is 4.52. The molecule has 5 nitrogen and oxygen atoms in total. The van der Waals surface area contributed by atoms with Crippen LogP contribution in [-0.4, -0.2) is 29.2 Å². The van der Waals surface area contributed by atoms with E-state index < -0.39 is 5.91 Å². The number of fused-ring (bicyclic) bond motifs is 1. The third kappa shape index (κ3) is 1.52. The lowest BCUT2D eigenvalue weighted by atomic mass is 10.00. The minimum atomic E-state index is -0.635. The fourth-order valence-electron chi connectivity index (χ4n) is 2.66. The van der Waals surface area contributed by atoms with Crippen LogP contribution in [0.3, 0.4) is 0 Å². The molecule has 1 saturated heterocycles. The number of carbonyl (C=O) groups excluding carboxylic acids is 3. The second kappa shape index (κ2) is 3.32. The molecule has 2 atom stereocenters. The minimum Gasteiger partial charge on any atom is -0.368 e. The first-order valence-electron chi connectivity index (χ1n) is 5.14. The summed E-state index contributed by atoms with van der Waals surface area (Å²) in [7, 11) is 0. The molecule has 0 bridgehead atoms. The van der Waals surface area contributed by atoms with Crippen LogP contribution in [0, 0.1) is 17.8 Å². The molecule has 0 spiro atoms. The van der Waals surface area contributed by atoms with Gasteiger partial charge < -0.3 is 5.73 Å². The molecule has 2 aliphatic rings. The topological polar surface area (TPSA) is 80.5 Å². The number of rotatable bonds is 2. The Morgan fingerprint density at radius 2 is 1.80 bits per heavy atom. The first kappa shape index (κ1) is 10.1. The molecule has 15 heavy (non-hydrogen) atoms. The summed E-state index contributed by atoms with van der Waals surface area (Å²) in [5.41, 5.74) is 4.99. The Kier molecular flexibility index (Phi) is 2.25. The van der Waals surface area contributed by atoms with Gasteiger partial charge in [-0.25, -0.2) is 0 Å². The molecule has 0 aromatic heterocycles. The van der Waals surface area contributed by atoms with Crippen molar-refractivity contribution in [3.8, 4) is 0 Å². The van der Waals surface area contributed by atoms with Crippen molar-refractivity contribution in [1.82, 2.24) is 4.90 Å². The standard InChI is InChI=1S/C10H14N2O3/c1-5-2-6-7(3-5)10(15)12(9(6)14)4-8(11)13/h5-7H,2-4H2,1H3,(H2,11,13). The summed E-state index contributed by atoms with van der Waals surface area (Å²) in [5.74, 6) is -1.05. The van der Waals surface area contributed by atoms with Gasteiger partial charge in [-0.1, -0.05) is 6.92 Å². The number of nitrogens with zero attached hydrogens (tertiary/aromatic N) is 1. The average Bonchev–Trinajstić information content (AvgIpc) is 2.61. The van der Waals surface area contributed by atoms with Gasteiger partial charge in [0.15, 0.2) is 0 Å². The molecule has 2 N–H and O–H groups in total. The summed E-state index contributed by atoms with van der Waals surface area (Å²) in [6.07, 6.45) is 1.51. The van der Waals surface area contributed by atoms with Gasteiger partial charge in [-0.15, -0.1) is 0 Å². The fourth-order valence-corrected chi connectivity index (χ4v) is 2.66. The highest BCUT2D eigenvalue weighted by molar-refractivity contribution is 6.07. The van der Waals surface area contributed by atoms with Gasteiger partial charge in [-0.3, -0.25) is 19.3 Å². The van der Waals surface area contributed by atoms with E-state index in [1.54, 1.807) is 0 Å². The third-order valence-electron chi connectivity index (χ3n) is 3.28. The monoisotopic (exact) mass is 210 g/mol. The molecule has 2 rings (SSSR count). The van der Waals surface area contributed by atoms with E-state index in [2.05, 4.69) is 0 Å². The van der Waals surface area contributed by atoms with Crippen molar-refractivity contribution < 1.29 is 14.4 Å². The van der Waals surface area contributed by atoms with Crippen LogP contribution >= 0.6 is 0 Å². The molecule has 1 heterocycles. The number of hydrogen-bond acceptors (Lipinski definition) is 3. The maximum Gasteiger partial charge on any atom is 0.237 e. The fraction of sp³-hybridized carbons (Fsp3) is 0.700. The normalized spacial score (nSPS) is 34.7. The Balaban J connectivity index is 2.17. The van der Waals surface area contributed by atoms with E-state index in [1.165, 1.54) is 0 Å². The number of nitrogens with two attached hydrogens (primary N) is 1. The zero-order chi connectivity index (χ0) is 11.2. The SMILES string of the molecule is CC1CC2C(=O)N(CC(N)=O)C(=O)C2C1. The first-order chi connectivity index (χ1) is 7.00. The van der Waals surface area contributed by atoms with E-state index in [9.17, 15) is 14.4 Å². The van der Waals surface area contributed by atoms with Gasteiger partial charge in [0.25, 0.3) is 0 Å². The van der Waals surface area contributed by atoms with Gasteiger partial charge in [-0.05, 0) is 18.8 Å². The molecule has 0 aromatic carbocycles. The maximum atomic E-state index is 11.8. The van der Waals surface area contributed by atoms with Crippen molar-refractivity contribution in [3.05, 3.63) is 0 Å². The summed E-state index contributed by atoms with van der Waals surface area (Å²) >= 11 is 0. The number of likely N-dealkylation sites (tertiary alicyclic amines) is 1. The van der Waals surface area contributed by atoms with Crippen LogP contribution in [0.5, 0.6) is 0 Å². The highest BCUT2D eigenvalue weighted by Gasteiger charge is 2.51. The van der Waals surface area contributed by atoms with Gasteiger partial charge in [0.1, 0.15) is 6.54 Å². The lowest BCUT2D eigenvalue weighted by Gasteiger charge is -2.14. The smallest absolute Gasteiger partial charge is 0.237 e. The van der Waals surface area contributed by atoms with Crippen molar-refractivity contribution in [3.63, 3.8) is 0 Å². The van der Waals surface area contributed by atoms with E-state index >= 15 is 0 Å². The summed E-state index contributed by atoms with van der Waals surface area (Å²) in [4.78, 5) is 35.3. The molecular formula is C10H14N2O3. The van der Waals surface area contributed by atoms with Gasteiger partial charge in [0, 0.05) is 0 Å². The van der Waals surface area contributed by atoms with Crippen molar-refractivity contribution in [2.45, 2.75) is 19.8 Å². The number of carbonyl (C=O) groups is 3. The van der Waals surface area contributed by atoms with Crippen LogP contribution in [0.25, 0.3) is 0 Å². The van der Waals surface area contributed by atoms with E-state index in [0.29, 0.717) is 5.92 Å². The van der Waals surface area contributed by atoms with Crippen LogP contribution in [0.4, 0.5) is 0 Å². The van der Waals surface area contributed by atoms with Crippen molar-refractivity contribution >= 4 is 17.7 Å². The third-order valence-corrected chi connectivity index (χ3v) is 3.28. The van der Waals surface area contributed by atoms with Gasteiger partial charge >= 0.3 is 0 Å². The molecule has 1 saturated carbocycles. The van der Waals surface area contributed by atoms with Crippen molar-refractivity contribution in [1.29, 1.82) is 0 Å². The van der Waals surface area contributed by atoms with Gasteiger partial charge in [-0.2, -0.15) is 0 Å². The molecule has 82 valence electrons. The minimum absolute atomic E-state index is 0.202. The number of primary amides is 1. The number of imide groups is 1. The van der Waals surface area contributed by atoms with Gasteiger partial charge in [0.2, 0.25) is 17.7 Å². The number of amides is 3. The largest absolute Gasteiger partial charge is 0.368 e. The van der Waals surface area contributed by atoms with E-state index in [1.807, 2.05) is 6.92 Å². The molecule has 2 unspecified atom stereocenters. The highest BCUT2D eigenvalue weighted by Crippen LogP contribution is 2.42. The zero-order valence-electron chi connectivity index (χ0n) is 8.60. The second-order valence-corrected chi connectivity index (χ2v) is 4.52. The van der Waals surface area contributed by atoms with Crippen LogP contribution < -0.4 is 5.73 Å². The van der Waals surface area contributed by atoms with Gasteiger partial charge in [0.05, 0.1) is 11.8 Å². The van der Waals surface area contributed by atoms with Crippen molar-refractivity contribution in [2.24, 2.45) is 23.5 Å². The Morgan fingerprint density at radius 3 is 2.20 bits per heavy atom. The molecule has 1 aliphatic carbocycles. The molecule has 0 aromatic rings. The predicted octanol–water partition coefficient (Wildman–Crippen LogP) is -0.497. The molecular weight excluding hydrogens is 196 g/mol. The molecule has 2 fully saturated rings. The number of hydrogen-bond donors (Lipinski definition) is 1. The summed E-state index contributed by atoms with van der Waals surface area (Å²) in [6, 6.07) is 0. The van der Waals surface area contributed by atoms with Crippen molar-refractivity contribution in [2.75, 3.05) is 6.54 Å². The molecule has 0 radical (unpaired) electrons. The Hall–Kier alpha value is -1.39. The summed E-state index contributed by atoms with van der Waals surface area (Å²) < 4.78 is 0. The Labute approximate surface area is 87.6 Å². The highest BCUT2D eigenvalue weighted by atomic mass is 16.2. The molecule has 1 aliphatic heterocycles. The molecule has 3 amide bonds. The van der Waals surface area contributed by atoms with Crippen LogP contribution in [0.15, 0.2) is 0 Å². The van der Waals surface area contributed by atoms with Crippen LogP contribution in [0.2, 0.25) is 0 Å². The quantitative estimate of drug-likeness (QED) is 0.624. The lowest BCUT2D eigenvalue weighted by Crippen LogP contribution is -2.39. The van der Waals surface area contributed by atoms with Crippen LogP contribution in [-0.2, 0) is 14.4 Å². The zero-order valence-corrected chi connectivity index (χ0v) is 8.60. The molecule has 5 heteroatoms. The average molecular weight is 210 g/mol. The van der Waals surface area contributed by atoms with Crippen LogP contribution in [0.1, 0.15) is 19.8 Å². The first-order valence-corrected chi connectivity index (χ1v) is 5.14. The van der Waals surface area contributed by atoms with E-state index in [4.69, 9.17) is 5.73 Å². The summed E-state index contributed by atoms with van der Waals surface area (Å²) in [5, 5.41) is 0. The van der Waals surface area contributed by atoms with E-state index in [-0.39, 0.29) is 30.2 Å².